The van der Waals surface area contributed by atoms with Crippen molar-refractivity contribution in [2.75, 3.05) is 0 Å². The van der Waals surface area contributed by atoms with Crippen LogP contribution in [0.4, 0.5) is 0 Å². The van der Waals surface area contributed by atoms with Crippen LogP contribution in [0, 0.1) is 0 Å². The van der Waals surface area contributed by atoms with Gasteiger partial charge in [0.25, 0.3) is 0 Å². The van der Waals surface area contributed by atoms with Crippen molar-refractivity contribution in [1.29, 1.82) is 0 Å². The van der Waals surface area contributed by atoms with Gasteiger partial charge in [-0.1, -0.05) is 176 Å². The average Bonchev–Trinajstić information content (AvgIpc) is 3.72. The van der Waals surface area contributed by atoms with Crippen LogP contribution >= 0.6 is 0 Å². The molecule has 12 aromatic rings. The summed E-state index contributed by atoms with van der Waals surface area (Å²) in [7, 11) is 0. The van der Waals surface area contributed by atoms with E-state index in [4.69, 9.17) is 19.4 Å². The summed E-state index contributed by atoms with van der Waals surface area (Å²) >= 11 is 0. The molecule has 10 aromatic carbocycles. The number of aromatic nitrogens is 3. The first-order valence-electron chi connectivity index (χ1n) is 20.6. The highest BCUT2D eigenvalue weighted by atomic mass is 16.3. The van der Waals surface area contributed by atoms with Crippen LogP contribution in [0.25, 0.3) is 122 Å². The number of para-hydroxylation sites is 2. The van der Waals surface area contributed by atoms with Crippen molar-refractivity contribution < 1.29 is 4.42 Å². The van der Waals surface area contributed by atoms with Gasteiger partial charge in [0.05, 0.1) is 5.56 Å². The lowest BCUT2D eigenvalue weighted by Gasteiger charge is -2.14. The molecule has 0 saturated carbocycles. The Kier molecular flexibility index (Phi) is 8.13. The van der Waals surface area contributed by atoms with Gasteiger partial charge in [0.2, 0.25) is 0 Å². The molecular formula is C57H35N3O. The van der Waals surface area contributed by atoms with Gasteiger partial charge in [-0.2, -0.15) is 0 Å². The minimum absolute atomic E-state index is 0.554. The summed E-state index contributed by atoms with van der Waals surface area (Å²) in [6.45, 7) is 0. The van der Waals surface area contributed by atoms with Crippen molar-refractivity contribution in [3.63, 3.8) is 0 Å². The van der Waals surface area contributed by atoms with Gasteiger partial charge in [0, 0.05) is 21.9 Å². The standard InChI is InChI=1S/C57H35N3O/c1-2-13-38(14-3-1)51-35-45(33-44-16-6-7-18-46(44)51)43-31-27-39-17-10-21-49(52(39)34-43)56-58-55(40-28-24-37(25-29-40)42-30-26-36-12-4-5-15-41(36)32-42)59-57(60-56)50-22-11-20-48-47-19-8-9-23-53(47)61-54(48)50/h1-35H. The third-order valence-corrected chi connectivity index (χ3v) is 11.9. The van der Waals surface area contributed by atoms with Gasteiger partial charge in [0.1, 0.15) is 11.2 Å². The van der Waals surface area contributed by atoms with Crippen molar-refractivity contribution >= 4 is 54.3 Å². The number of nitrogens with zero attached hydrogens (tertiary/aromatic N) is 3. The number of fused-ring (bicyclic) bond motifs is 6. The lowest BCUT2D eigenvalue weighted by atomic mass is 9.91. The summed E-state index contributed by atoms with van der Waals surface area (Å²) in [5, 5.41) is 9.12. The van der Waals surface area contributed by atoms with Crippen LogP contribution in [0.5, 0.6) is 0 Å². The lowest BCUT2D eigenvalue weighted by molar-refractivity contribution is 0.669. The number of furan rings is 1. The van der Waals surface area contributed by atoms with E-state index in [2.05, 4.69) is 188 Å². The van der Waals surface area contributed by atoms with E-state index < -0.39 is 0 Å². The van der Waals surface area contributed by atoms with Crippen LogP contribution in [-0.2, 0) is 0 Å². The van der Waals surface area contributed by atoms with E-state index in [1.807, 2.05) is 24.3 Å². The third kappa shape index (κ3) is 6.12. The fourth-order valence-electron chi connectivity index (χ4n) is 8.83. The Morgan fingerprint density at radius 2 is 0.836 bits per heavy atom. The molecule has 0 fully saturated rings. The quantitative estimate of drug-likeness (QED) is 0.169. The molecule has 4 heteroatoms. The molecule has 0 aliphatic heterocycles. The van der Waals surface area contributed by atoms with Crippen LogP contribution in [0.15, 0.2) is 217 Å². The molecule has 2 heterocycles. The van der Waals surface area contributed by atoms with Crippen molar-refractivity contribution in [2.45, 2.75) is 0 Å². The zero-order valence-electron chi connectivity index (χ0n) is 33.0. The number of benzene rings is 10. The smallest absolute Gasteiger partial charge is 0.167 e. The Balaban J connectivity index is 1.03. The van der Waals surface area contributed by atoms with Crippen LogP contribution in [0.3, 0.4) is 0 Å². The molecule has 0 saturated heterocycles. The molecular weight excluding hydrogens is 743 g/mol. The molecule has 4 nitrogen and oxygen atoms in total. The third-order valence-electron chi connectivity index (χ3n) is 11.9. The molecule has 0 bridgehead atoms. The summed E-state index contributed by atoms with van der Waals surface area (Å²) in [6, 6.07) is 74.9. The van der Waals surface area contributed by atoms with Gasteiger partial charge in [-0.3, -0.25) is 0 Å². The maximum absolute atomic E-state index is 6.53. The summed E-state index contributed by atoms with van der Waals surface area (Å²) < 4.78 is 6.53. The number of hydrogen-bond acceptors (Lipinski definition) is 4. The highest BCUT2D eigenvalue weighted by molar-refractivity contribution is 6.09. The minimum Gasteiger partial charge on any atom is -0.455 e. The normalized spacial score (nSPS) is 11.6. The highest BCUT2D eigenvalue weighted by Crippen LogP contribution is 2.39. The van der Waals surface area contributed by atoms with Crippen molar-refractivity contribution in [3.05, 3.63) is 212 Å². The van der Waals surface area contributed by atoms with Gasteiger partial charge in [-0.15, -0.1) is 0 Å². The van der Waals surface area contributed by atoms with Crippen molar-refractivity contribution in [2.24, 2.45) is 0 Å². The Bertz CT molecular complexity index is 3650. The van der Waals surface area contributed by atoms with E-state index in [9.17, 15) is 0 Å². The van der Waals surface area contributed by atoms with Crippen LogP contribution in [-0.4, -0.2) is 15.0 Å². The molecule has 0 aliphatic rings. The molecule has 0 radical (unpaired) electrons. The van der Waals surface area contributed by atoms with E-state index in [0.717, 1.165) is 71.7 Å². The monoisotopic (exact) mass is 777 g/mol. The number of hydrogen-bond donors (Lipinski definition) is 0. The molecule has 0 unspecified atom stereocenters. The van der Waals surface area contributed by atoms with Crippen LogP contribution in [0.2, 0.25) is 0 Å². The highest BCUT2D eigenvalue weighted by Gasteiger charge is 2.19. The molecule has 0 aliphatic carbocycles. The Labute approximate surface area is 352 Å². The first kappa shape index (κ1) is 34.8. The molecule has 0 atom stereocenters. The predicted octanol–water partition coefficient (Wildman–Crippen LogP) is 15.2. The Morgan fingerprint density at radius 1 is 0.262 bits per heavy atom. The summed E-state index contributed by atoms with van der Waals surface area (Å²) in [5.74, 6) is 1.74. The molecule has 0 N–H and O–H groups in total. The molecule has 12 rings (SSSR count). The molecule has 0 spiro atoms. The minimum atomic E-state index is 0.554. The first-order chi connectivity index (χ1) is 30.2. The zero-order valence-corrected chi connectivity index (χ0v) is 33.0. The van der Waals surface area contributed by atoms with Crippen molar-refractivity contribution in [3.8, 4) is 67.5 Å². The lowest BCUT2D eigenvalue weighted by Crippen LogP contribution is -2.01. The predicted molar refractivity (Wildman–Crippen MR) is 252 cm³/mol. The molecule has 284 valence electrons. The maximum atomic E-state index is 6.53. The van der Waals surface area contributed by atoms with E-state index in [0.29, 0.717) is 17.5 Å². The molecule has 0 amide bonds. The van der Waals surface area contributed by atoms with E-state index in [-0.39, 0.29) is 0 Å². The van der Waals surface area contributed by atoms with E-state index >= 15 is 0 Å². The number of rotatable bonds is 6. The second-order valence-corrected chi connectivity index (χ2v) is 15.6. The van der Waals surface area contributed by atoms with E-state index in [1.54, 1.807) is 0 Å². The van der Waals surface area contributed by atoms with Crippen molar-refractivity contribution in [1.82, 2.24) is 15.0 Å². The fourth-order valence-corrected chi connectivity index (χ4v) is 8.83. The SMILES string of the molecule is c1ccc(-c2cc(-c3ccc4cccc(-c5nc(-c6ccc(-c7ccc8ccccc8c7)cc6)nc(-c6cccc7c6oc6ccccc67)n5)c4c3)cc3ccccc23)cc1. The van der Waals surface area contributed by atoms with Gasteiger partial charge in [0.15, 0.2) is 17.5 Å². The van der Waals surface area contributed by atoms with Crippen LogP contribution < -0.4 is 0 Å². The fraction of sp³-hybridized carbons (Fsp3) is 0. The zero-order chi connectivity index (χ0) is 40.3. The van der Waals surface area contributed by atoms with Gasteiger partial charge >= 0.3 is 0 Å². The second-order valence-electron chi connectivity index (χ2n) is 15.6. The average molecular weight is 778 g/mol. The second kappa shape index (κ2) is 14.3. The van der Waals surface area contributed by atoms with Crippen LogP contribution in [0.1, 0.15) is 0 Å². The summed E-state index contributed by atoms with van der Waals surface area (Å²) in [6.07, 6.45) is 0. The summed E-state index contributed by atoms with van der Waals surface area (Å²) in [5.41, 5.74) is 11.2. The topological polar surface area (TPSA) is 51.8 Å². The Hall–Kier alpha value is -8.21. The Morgan fingerprint density at radius 3 is 1.69 bits per heavy atom. The van der Waals surface area contributed by atoms with Gasteiger partial charge in [-0.05, 0) is 102 Å². The molecule has 2 aromatic heterocycles. The first-order valence-corrected chi connectivity index (χ1v) is 20.6. The van der Waals surface area contributed by atoms with E-state index in [1.165, 1.54) is 32.7 Å². The largest absolute Gasteiger partial charge is 0.455 e. The van der Waals surface area contributed by atoms with Gasteiger partial charge in [-0.25, -0.2) is 15.0 Å². The van der Waals surface area contributed by atoms with Gasteiger partial charge < -0.3 is 4.42 Å². The molecule has 61 heavy (non-hydrogen) atoms. The maximum Gasteiger partial charge on any atom is 0.167 e. The summed E-state index contributed by atoms with van der Waals surface area (Å²) in [4.78, 5) is 15.7.